The summed E-state index contributed by atoms with van der Waals surface area (Å²) in [5.74, 6) is 0. The highest BCUT2D eigenvalue weighted by atomic mass is 32.2. The zero-order valence-electron chi connectivity index (χ0n) is 13.1. The van der Waals surface area contributed by atoms with Crippen molar-refractivity contribution in [2.24, 2.45) is 5.73 Å². The van der Waals surface area contributed by atoms with Crippen molar-refractivity contribution in [3.05, 3.63) is 41.6 Å². The van der Waals surface area contributed by atoms with Crippen molar-refractivity contribution in [1.29, 1.82) is 0 Å². The van der Waals surface area contributed by atoms with Gasteiger partial charge < -0.3 is 26.5 Å². The molecule has 0 fully saturated rings. The van der Waals surface area contributed by atoms with E-state index >= 15 is 0 Å². The topological polar surface area (TPSA) is 153 Å². The van der Waals surface area contributed by atoms with Crippen molar-refractivity contribution in [3.8, 4) is 0 Å². The van der Waals surface area contributed by atoms with Crippen LogP contribution in [0, 0.1) is 0 Å². The number of hydrogen-bond donors (Lipinski definition) is 5. The van der Waals surface area contributed by atoms with E-state index in [1.165, 1.54) is 6.20 Å². The Morgan fingerprint density at radius 1 is 1.44 bits per heavy atom. The summed E-state index contributed by atoms with van der Waals surface area (Å²) in [4.78, 5) is 15.0. The normalized spacial score (nSPS) is 14.0. The van der Waals surface area contributed by atoms with Crippen LogP contribution in [-0.4, -0.2) is 27.4 Å². The van der Waals surface area contributed by atoms with Gasteiger partial charge in [0.1, 0.15) is 0 Å². The molecule has 1 aliphatic rings. The predicted molar refractivity (Wildman–Crippen MR) is 93.9 cm³/mol. The number of aromatic nitrogens is 1. The lowest BCUT2D eigenvalue weighted by Gasteiger charge is -2.12. The third-order valence-corrected chi connectivity index (χ3v) is 4.73. The Morgan fingerprint density at radius 3 is 3.00 bits per heavy atom. The maximum atomic E-state index is 12.6. The van der Waals surface area contributed by atoms with Gasteiger partial charge in [-0.05, 0) is 29.2 Å². The van der Waals surface area contributed by atoms with Crippen molar-refractivity contribution >= 4 is 41.0 Å². The van der Waals surface area contributed by atoms with Gasteiger partial charge in [-0.15, -0.1) is 0 Å². The van der Waals surface area contributed by atoms with Crippen LogP contribution in [0.1, 0.15) is 11.1 Å². The van der Waals surface area contributed by atoms with Crippen molar-refractivity contribution in [1.82, 2.24) is 10.3 Å². The maximum Gasteiger partial charge on any atom is 0.491 e. The number of rotatable bonds is 5. The number of carbonyl (C=O) groups excluding carboxylic acids is 1. The molecule has 0 radical (unpaired) electrons. The van der Waals surface area contributed by atoms with Crippen LogP contribution in [0.25, 0.3) is 0 Å². The van der Waals surface area contributed by atoms with E-state index in [1.54, 1.807) is 24.3 Å². The summed E-state index contributed by atoms with van der Waals surface area (Å²) in [5.41, 5.74) is 13.7. The molecule has 7 N–H and O–H groups in total. The zero-order valence-corrected chi connectivity index (χ0v) is 13.9. The van der Waals surface area contributed by atoms with Crippen LogP contribution < -0.4 is 27.0 Å². The fourth-order valence-corrected chi connectivity index (χ4v) is 3.38. The number of benzene rings is 1. The number of urea groups is 1. The zero-order chi connectivity index (χ0) is 18.0. The molecule has 1 atom stereocenters. The number of amides is 2. The summed E-state index contributed by atoms with van der Waals surface area (Å²) in [5, 5.41) is 12.4. The molecular formula is C14H16BN5O4S. The lowest BCUT2D eigenvalue weighted by Crippen LogP contribution is -2.29. The number of nitrogens with one attached hydrogen (secondary N) is 2. The Hall–Kier alpha value is -2.63. The summed E-state index contributed by atoms with van der Waals surface area (Å²) < 4.78 is 20.6. The van der Waals surface area contributed by atoms with Crippen molar-refractivity contribution < 1.29 is 18.7 Å². The van der Waals surface area contributed by atoms with E-state index in [2.05, 4.69) is 15.0 Å². The molecule has 0 saturated carbocycles. The number of fused-ring (bicyclic) bond motifs is 1. The third kappa shape index (κ3) is 3.90. The fourth-order valence-electron chi connectivity index (χ4n) is 2.43. The van der Waals surface area contributed by atoms with E-state index in [1.807, 2.05) is 0 Å². The fraction of sp³-hybridized carbons (Fsp3) is 0.143. The van der Waals surface area contributed by atoms with Gasteiger partial charge in [0.2, 0.25) is 0 Å². The van der Waals surface area contributed by atoms with Crippen molar-refractivity contribution in [2.75, 3.05) is 10.5 Å². The van der Waals surface area contributed by atoms with E-state index < -0.39 is 24.1 Å². The van der Waals surface area contributed by atoms with Crippen LogP contribution in [-0.2, 0) is 28.8 Å². The number of anilines is 2. The first-order chi connectivity index (χ1) is 11.9. The predicted octanol–water partition coefficient (Wildman–Crippen LogP) is -0.815. The van der Waals surface area contributed by atoms with Crippen LogP contribution in [0.5, 0.6) is 0 Å². The molecule has 11 heteroatoms. The summed E-state index contributed by atoms with van der Waals surface area (Å²) in [6.45, 7) is 0.384. The van der Waals surface area contributed by atoms with Crippen LogP contribution in [0.3, 0.4) is 0 Å². The molecule has 25 heavy (non-hydrogen) atoms. The van der Waals surface area contributed by atoms with E-state index in [0.717, 1.165) is 5.56 Å². The van der Waals surface area contributed by atoms with Crippen LogP contribution in [0.4, 0.5) is 16.2 Å². The van der Waals surface area contributed by atoms with Crippen LogP contribution in [0.2, 0.25) is 0 Å². The van der Waals surface area contributed by atoms with Gasteiger partial charge in [0.05, 0.1) is 18.5 Å². The van der Waals surface area contributed by atoms with Crippen LogP contribution in [0.15, 0.2) is 35.5 Å². The Labute approximate surface area is 146 Å². The molecule has 9 nitrogen and oxygen atoms in total. The molecule has 0 spiro atoms. The third-order valence-electron chi connectivity index (χ3n) is 3.59. The molecule has 1 aliphatic heterocycles. The Kier molecular flexibility index (Phi) is 4.88. The SMILES string of the molecule is NC(=O)NCc1cc(N)cnc1S(=O)Nc1ccc2c(c1)B(O)OC2. The second-order valence-corrected chi connectivity index (χ2v) is 6.53. The maximum absolute atomic E-state index is 12.6. The summed E-state index contributed by atoms with van der Waals surface area (Å²) in [7, 11) is -2.70. The smallest absolute Gasteiger partial charge is 0.423 e. The average molecular weight is 361 g/mol. The molecular weight excluding hydrogens is 345 g/mol. The van der Waals surface area contributed by atoms with E-state index in [-0.39, 0.29) is 11.6 Å². The minimum Gasteiger partial charge on any atom is -0.423 e. The Bertz CT molecular complexity index is 850. The number of nitrogens with two attached hydrogens (primary N) is 2. The highest BCUT2D eigenvalue weighted by molar-refractivity contribution is 7.86. The van der Waals surface area contributed by atoms with Gasteiger partial charge in [-0.25, -0.2) is 14.0 Å². The molecule has 130 valence electrons. The lowest BCUT2D eigenvalue weighted by atomic mass is 9.79. The number of nitrogens with zero attached hydrogens (tertiary/aromatic N) is 1. The number of primary amides is 1. The average Bonchev–Trinajstić information content (AvgIpc) is 2.94. The van der Waals surface area contributed by atoms with Crippen LogP contribution >= 0.6 is 0 Å². The van der Waals surface area contributed by atoms with E-state index in [4.69, 9.17) is 16.1 Å². The molecule has 1 aromatic heterocycles. The number of pyridine rings is 1. The highest BCUT2D eigenvalue weighted by Gasteiger charge is 2.27. The molecule has 2 aromatic rings. The largest absolute Gasteiger partial charge is 0.491 e. The minimum absolute atomic E-state index is 0.0485. The van der Waals surface area contributed by atoms with Gasteiger partial charge >= 0.3 is 13.1 Å². The molecule has 0 bridgehead atoms. The quantitative estimate of drug-likeness (QED) is 0.439. The second-order valence-electron chi connectivity index (χ2n) is 5.40. The van der Waals surface area contributed by atoms with Crippen molar-refractivity contribution in [3.63, 3.8) is 0 Å². The van der Waals surface area contributed by atoms with Crippen molar-refractivity contribution in [2.45, 2.75) is 18.2 Å². The molecule has 0 saturated heterocycles. The summed E-state index contributed by atoms with van der Waals surface area (Å²) in [6.07, 6.45) is 1.38. The summed E-state index contributed by atoms with van der Waals surface area (Å²) >= 11 is 0. The Balaban J connectivity index is 1.81. The molecule has 3 rings (SSSR count). The Morgan fingerprint density at radius 2 is 2.24 bits per heavy atom. The molecule has 2 amide bonds. The molecule has 2 heterocycles. The first-order valence-electron chi connectivity index (χ1n) is 7.32. The monoisotopic (exact) mass is 361 g/mol. The lowest BCUT2D eigenvalue weighted by molar-refractivity contribution is 0.248. The second kappa shape index (κ2) is 7.09. The number of nitrogen functional groups attached to an aromatic ring is 1. The first-order valence-corrected chi connectivity index (χ1v) is 8.47. The standard InChI is InChI=1S/C14H16BN5O4S/c16-10-3-9(5-19-14(17)21)13(18-6-10)25(23)20-11-2-1-8-7-24-15(22)12(8)4-11/h1-4,6,20,22H,5,7,16H2,(H3,17,19,21). The first kappa shape index (κ1) is 17.2. The van der Waals surface area contributed by atoms with Gasteiger partial charge in [-0.1, -0.05) is 6.07 Å². The molecule has 0 aliphatic carbocycles. The summed E-state index contributed by atoms with van der Waals surface area (Å²) in [6, 6.07) is 6.05. The number of carbonyl (C=O) groups is 1. The number of hydrogen-bond acceptors (Lipinski definition) is 6. The highest BCUT2D eigenvalue weighted by Crippen LogP contribution is 2.19. The van der Waals surface area contributed by atoms with Gasteiger partial charge in [0, 0.05) is 17.8 Å². The van der Waals surface area contributed by atoms with Gasteiger partial charge in [0.15, 0.2) is 16.0 Å². The molecule has 1 aromatic carbocycles. The van der Waals surface area contributed by atoms with Gasteiger partial charge in [-0.3, -0.25) is 4.72 Å². The van der Waals surface area contributed by atoms with Gasteiger partial charge in [-0.2, -0.15) is 0 Å². The van der Waals surface area contributed by atoms with Gasteiger partial charge in [0.25, 0.3) is 0 Å². The minimum atomic E-state index is -1.71. The van der Waals surface area contributed by atoms with E-state index in [9.17, 15) is 14.0 Å². The molecule has 1 unspecified atom stereocenters. The van der Waals surface area contributed by atoms with E-state index in [0.29, 0.717) is 29.0 Å².